The van der Waals surface area contributed by atoms with E-state index in [1.165, 1.54) is 0 Å². The number of ether oxygens (including phenoxy) is 1. The van der Waals surface area contributed by atoms with Crippen LogP contribution >= 0.6 is 27.5 Å². The molecule has 26 heavy (non-hydrogen) atoms. The van der Waals surface area contributed by atoms with Gasteiger partial charge in [0, 0.05) is 24.1 Å². The molecule has 1 N–H and O–H groups in total. The smallest absolute Gasteiger partial charge is 0.407 e. The minimum absolute atomic E-state index is 0.122. The Hall–Kier alpha value is -1.78. The molecular weight excluding hydrogens is 422 g/mol. The molecule has 142 valence electrons. The van der Waals surface area contributed by atoms with Gasteiger partial charge in [-0.1, -0.05) is 6.07 Å². The second-order valence-electron chi connectivity index (χ2n) is 6.62. The Balaban J connectivity index is 2.57. The molecule has 0 unspecified atom stereocenters. The van der Waals surface area contributed by atoms with Gasteiger partial charge in [-0.2, -0.15) is 5.26 Å². The average Bonchev–Trinajstić information content (AvgIpc) is 2.55. The van der Waals surface area contributed by atoms with Gasteiger partial charge in [0.2, 0.25) is 5.91 Å². The minimum atomic E-state index is -0.571. The van der Waals surface area contributed by atoms with Crippen molar-refractivity contribution in [1.29, 1.82) is 5.26 Å². The summed E-state index contributed by atoms with van der Waals surface area (Å²) >= 11 is 9.03. The molecule has 0 saturated carbocycles. The number of alkyl carbamates (subject to hydrolysis) is 1. The van der Waals surface area contributed by atoms with Gasteiger partial charge in [-0.25, -0.2) is 4.79 Å². The van der Waals surface area contributed by atoms with Crippen LogP contribution in [0.15, 0.2) is 22.7 Å². The van der Waals surface area contributed by atoms with Crippen molar-refractivity contribution in [2.24, 2.45) is 0 Å². The predicted molar refractivity (Wildman–Crippen MR) is 104 cm³/mol. The first kappa shape index (κ1) is 22.3. The zero-order valence-corrected chi connectivity index (χ0v) is 17.5. The number of amides is 2. The molecule has 0 atom stereocenters. The topological polar surface area (TPSA) is 82.4 Å². The van der Waals surface area contributed by atoms with E-state index >= 15 is 0 Å². The van der Waals surface area contributed by atoms with Gasteiger partial charge in [-0.3, -0.25) is 4.79 Å². The Labute approximate surface area is 167 Å². The molecule has 0 aliphatic rings. The fourth-order valence-corrected chi connectivity index (χ4v) is 2.81. The molecule has 0 fully saturated rings. The molecule has 0 saturated heterocycles. The van der Waals surface area contributed by atoms with Crippen molar-refractivity contribution in [1.82, 2.24) is 10.2 Å². The quantitative estimate of drug-likeness (QED) is 0.653. The van der Waals surface area contributed by atoms with Gasteiger partial charge in [0.1, 0.15) is 17.6 Å². The van der Waals surface area contributed by atoms with Crippen molar-refractivity contribution in [2.45, 2.75) is 32.8 Å². The lowest BCUT2D eigenvalue weighted by atomic mass is 10.1. The third-order valence-corrected chi connectivity index (χ3v) is 4.23. The van der Waals surface area contributed by atoms with Crippen molar-refractivity contribution in [2.75, 3.05) is 25.5 Å². The zero-order chi connectivity index (χ0) is 19.7. The number of hydrogen-bond acceptors (Lipinski definition) is 4. The van der Waals surface area contributed by atoms with Crippen LogP contribution in [0.25, 0.3) is 0 Å². The molecule has 8 heteroatoms. The Morgan fingerprint density at radius 2 is 2.04 bits per heavy atom. The van der Waals surface area contributed by atoms with Crippen molar-refractivity contribution >= 4 is 39.5 Å². The van der Waals surface area contributed by atoms with Crippen LogP contribution in [0.5, 0.6) is 0 Å². The third kappa shape index (κ3) is 8.07. The summed E-state index contributed by atoms with van der Waals surface area (Å²) in [4.78, 5) is 25.3. The van der Waals surface area contributed by atoms with E-state index in [0.29, 0.717) is 25.1 Å². The van der Waals surface area contributed by atoms with Gasteiger partial charge < -0.3 is 15.0 Å². The van der Waals surface area contributed by atoms with Crippen LogP contribution in [0, 0.1) is 11.3 Å². The molecule has 0 aliphatic heterocycles. The Bertz CT molecular complexity index is 683. The summed E-state index contributed by atoms with van der Waals surface area (Å²) in [5.74, 6) is -0.325. The third-order valence-electron chi connectivity index (χ3n) is 3.34. The highest BCUT2D eigenvalue weighted by atomic mass is 79.9. The predicted octanol–water partition coefficient (Wildman–Crippen LogP) is 3.46. The van der Waals surface area contributed by atoms with Gasteiger partial charge >= 0.3 is 6.09 Å². The van der Waals surface area contributed by atoms with E-state index in [0.717, 1.165) is 10.0 Å². The van der Waals surface area contributed by atoms with E-state index in [9.17, 15) is 9.59 Å². The molecule has 2 amide bonds. The highest BCUT2D eigenvalue weighted by Gasteiger charge is 2.17. The molecular formula is C18H23BrClN3O3. The van der Waals surface area contributed by atoms with Crippen LogP contribution in [-0.2, 0) is 16.0 Å². The van der Waals surface area contributed by atoms with E-state index in [4.69, 9.17) is 21.6 Å². The van der Waals surface area contributed by atoms with Gasteiger partial charge in [0.05, 0.1) is 5.56 Å². The van der Waals surface area contributed by atoms with Gasteiger partial charge in [-0.15, -0.1) is 11.6 Å². The molecule has 0 heterocycles. The van der Waals surface area contributed by atoms with Gasteiger partial charge in [0.25, 0.3) is 0 Å². The van der Waals surface area contributed by atoms with Crippen molar-refractivity contribution in [3.8, 4) is 6.07 Å². The number of carbonyl (C=O) groups is 2. The normalized spacial score (nSPS) is 10.8. The number of nitriles is 1. The standard InChI is InChI=1S/C18H23BrClN3O3/c1-18(2,3)26-17(25)22-7-9-23(16(24)11-20)8-6-13-4-5-14(12-21)15(19)10-13/h4-5,10H,6-9,11H2,1-3H3,(H,22,25). The maximum atomic E-state index is 12.0. The first-order valence-corrected chi connectivity index (χ1v) is 9.48. The molecule has 0 aliphatic carbocycles. The van der Waals surface area contributed by atoms with Crippen molar-refractivity contribution in [3.05, 3.63) is 33.8 Å². The Morgan fingerprint density at radius 3 is 2.58 bits per heavy atom. The lowest BCUT2D eigenvalue weighted by Crippen LogP contribution is -2.41. The summed E-state index contributed by atoms with van der Waals surface area (Å²) < 4.78 is 5.88. The highest BCUT2D eigenvalue weighted by Crippen LogP contribution is 2.18. The summed E-state index contributed by atoms with van der Waals surface area (Å²) in [5.41, 5.74) is 0.978. The molecule has 0 aromatic heterocycles. The van der Waals surface area contributed by atoms with E-state index in [1.54, 1.807) is 31.7 Å². The Kier molecular flexibility index (Phi) is 8.89. The average molecular weight is 445 g/mol. The number of hydrogen-bond donors (Lipinski definition) is 1. The highest BCUT2D eigenvalue weighted by molar-refractivity contribution is 9.10. The molecule has 0 radical (unpaired) electrons. The summed E-state index contributed by atoms with van der Waals surface area (Å²) in [5, 5.41) is 11.6. The molecule has 1 aromatic carbocycles. The Morgan fingerprint density at radius 1 is 1.35 bits per heavy atom. The summed E-state index contributed by atoms with van der Waals surface area (Å²) in [6.45, 7) is 6.42. The van der Waals surface area contributed by atoms with Crippen molar-refractivity contribution in [3.63, 3.8) is 0 Å². The van der Waals surface area contributed by atoms with E-state index in [2.05, 4.69) is 27.3 Å². The second kappa shape index (κ2) is 10.4. The van der Waals surface area contributed by atoms with E-state index < -0.39 is 11.7 Å². The molecule has 0 bridgehead atoms. The summed E-state index contributed by atoms with van der Waals surface area (Å²) in [6.07, 6.45) is 0.0890. The minimum Gasteiger partial charge on any atom is -0.444 e. The van der Waals surface area contributed by atoms with Crippen LogP contribution in [-0.4, -0.2) is 48.0 Å². The zero-order valence-electron chi connectivity index (χ0n) is 15.1. The lowest BCUT2D eigenvalue weighted by Gasteiger charge is -2.23. The van der Waals surface area contributed by atoms with Crippen LogP contribution in [0.1, 0.15) is 31.9 Å². The van der Waals surface area contributed by atoms with Crippen LogP contribution in [0.3, 0.4) is 0 Å². The number of nitrogens with one attached hydrogen (secondary N) is 1. The van der Waals surface area contributed by atoms with E-state index in [1.807, 2.05) is 12.1 Å². The first-order chi connectivity index (χ1) is 12.2. The molecule has 6 nitrogen and oxygen atoms in total. The number of rotatable bonds is 7. The molecule has 0 spiro atoms. The monoisotopic (exact) mass is 443 g/mol. The number of carbonyl (C=O) groups excluding carboxylic acids is 2. The number of alkyl halides is 1. The summed E-state index contributed by atoms with van der Waals surface area (Å²) in [7, 11) is 0. The van der Waals surface area contributed by atoms with Gasteiger partial charge in [0.15, 0.2) is 0 Å². The largest absolute Gasteiger partial charge is 0.444 e. The number of benzene rings is 1. The maximum absolute atomic E-state index is 12.0. The second-order valence-corrected chi connectivity index (χ2v) is 7.74. The SMILES string of the molecule is CC(C)(C)OC(=O)NCCN(CCc1ccc(C#N)c(Br)c1)C(=O)CCl. The van der Waals surface area contributed by atoms with Crippen molar-refractivity contribution < 1.29 is 14.3 Å². The lowest BCUT2D eigenvalue weighted by molar-refractivity contribution is -0.128. The molecule has 1 aromatic rings. The number of halogens is 2. The molecule has 1 rings (SSSR count). The first-order valence-electron chi connectivity index (χ1n) is 8.15. The van der Waals surface area contributed by atoms with Crippen LogP contribution in [0.2, 0.25) is 0 Å². The fraction of sp³-hybridized carbons (Fsp3) is 0.500. The summed E-state index contributed by atoms with van der Waals surface area (Å²) in [6, 6.07) is 7.54. The van der Waals surface area contributed by atoms with Crippen LogP contribution < -0.4 is 5.32 Å². The van der Waals surface area contributed by atoms with Gasteiger partial charge in [-0.05, 0) is 60.8 Å². The van der Waals surface area contributed by atoms with Crippen LogP contribution in [0.4, 0.5) is 4.79 Å². The maximum Gasteiger partial charge on any atom is 0.407 e. The number of nitrogens with zero attached hydrogens (tertiary/aromatic N) is 2. The van der Waals surface area contributed by atoms with E-state index in [-0.39, 0.29) is 18.3 Å². The fourth-order valence-electron chi connectivity index (χ4n) is 2.12.